The lowest BCUT2D eigenvalue weighted by Crippen LogP contribution is -2.49. The fourth-order valence-corrected chi connectivity index (χ4v) is 4.86. The van der Waals surface area contributed by atoms with Crippen LogP contribution in [0.25, 0.3) is 10.7 Å². The molecule has 1 aliphatic carbocycles. The molecule has 1 saturated heterocycles. The highest BCUT2D eigenvalue weighted by Gasteiger charge is 2.28. The van der Waals surface area contributed by atoms with Crippen LogP contribution in [0.15, 0.2) is 22.0 Å². The van der Waals surface area contributed by atoms with Crippen molar-refractivity contribution in [2.45, 2.75) is 51.5 Å². The van der Waals surface area contributed by atoms with Crippen LogP contribution < -0.4 is 0 Å². The monoisotopic (exact) mass is 388 g/mol. The molecule has 1 amide bonds. The Morgan fingerprint density at radius 1 is 1.30 bits per heavy atom. The summed E-state index contributed by atoms with van der Waals surface area (Å²) in [5, 5.41) is 6.12. The largest absolute Gasteiger partial charge is 0.340 e. The van der Waals surface area contributed by atoms with Crippen molar-refractivity contribution >= 4 is 17.2 Å². The third-order valence-corrected chi connectivity index (χ3v) is 6.86. The van der Waals surface area contributed by atoms with Crippen LogP contribution in [0, 0.1) is 5.92 Å². The number of nitrogens with zero attached hydrogens (tertiary/aromatic N) is 4. The first-order valence-corrected chi connectivity index (χ1v) is 11.0. The van der Waals surface area contributed by atoms with Gasteiger partial charge in [-0.2, -0.15) is 4.98 Å². The Hall–Kier alpha value is -1.73. The van der Waals surface area contributed by atoms with E-state index in [9.17, 15) is 4.79 Å². The second-order valence-corrected chi connectivity index (χ2v) is 8.66. The molecule has 0 spiro atoms. The van der Waals surface area contributed by atoms with Gasteiger partial charge in [-0.3, -0.25) is 9.69 Å². The van der Waals surface area contributed by atoms with Gasteiger partial charge in [0.05, 0.1) is 10.9 Å². The maximum Gasteiger partial charge on any atom is 0.244 e. The number of piperazine rings is 1. The summed E-state index contributed by atoms with van der Waals surface area (Å²) in [5.74, 6) is 2.42. The number of thiophene rings is 1. The highest BCUT2D eigenvalue weighted by Crippen LogP contribution is 2.29. The molecule has 146 valence electrons. The van der Waals surface area contributed by atoms with Crippen molar-refractivity contribution in [3.8, 4) is 10.7 Å². The molecular weight excluding hydrogens is 360 g/mol. The standard InChI is InChI=1S/C20H28N4O2S/c1-15(20-21-19(22-26-20)17-7-4-14-27-17)23-10-12-24(13-11-23)18(25)9-8-16-5-2-3-6-16/h4,7,14-16H,2-3,5-6,8-13H2,1H3. The summed E-state index contributed by atoms with van der Waals surface area (Å²) in [6.07, 6.45) is 7.11. The molecule has 4 rings (SSSR count). The van der Waals surface area contributed by atoms with E-state index in [4.69, 9.17) is 4.52 Å². The van der Waals surface area contributed by atoms with E-state index in [1.54, 1.807) is 11.3 Å². The second-order valence-electron chi connectivity index (χ2n) is 7.72. The zero-order valence-electron chi connectivity index (χ0n) is 16.0. The third kappa shape index (κ3) is 4.41. The van der Waals surface area contributed by atoms with Crippen molar-refractivity contribution in [1.29, 1.82) is 0 Å². The Morgan fingerprint density at radius 3 is 2.78 bits per heavy atom. The highest BCUT2D eigenvalue weighted by molar-refractivity contribution is 7.13. The van der Waals surface area contributed by atoms with Crippen LogP contribution >= 0.6 is 11.3 Å². The maximum atomic E-state index is 12.5. The lowest BCUT2D eigenvalue weighted by Gasteiger charge is -2.37. The fraction of sp³-hybridized carbons (Fsp3) is 0.650. The van der Waals surface area contributed by atoms with Gasteiger partial charge in [0, 0.05) is 32.6 Å². The average molecular weight is 389 g/mol. The zero-order chi connectivity index (χ0) is 18.6. The molecule has 1 aliphatic heterocycles. The van der Waals surface area contributed by atoms with Crippen molar-refractivity contribution < 1.29 is 9.32 Å². The van der Waals surface area contributed by atoms with Crippen LogP contribution in [0.1, 0.15) is 57.4 Å². The van der Waals surface area contributed by atoms with Gasteiger partial charge >= 0.3 is 0 Å². The molecule has 3 heterocycles. The van der Waals surface area contributed by atoms with Gasteiger partial charge in [-0.25, -0.2) is 0 Å². The minimum Gasteiger partial charge on any atom is -0.340 e. The van der Waals surface area contributed by atoms with E-state index in [0.29, 0.717) is 24.0 Å². The lowest BCUT2D eigenvalue weighted by molar-refractivity contribution is -0.133. The van der Waals surface area contributed by atoms with E-state index < -0.39 is 0 Å². The summed E-state index contributed by atoms with van der Waals surface area (Å²) < 4.78 is 5.50. The molecule has 1 unspecified atom stereocenters. The minimum absolute atomic E-state index is 0.0713. The highest BCUT2D eigenvalue weighted by atomic mass is 32.1. The number of rotatable bonds is 6. The van der Waals surface area contributed by atoms with E-state index in [1.807, 2.05) is 22.4 Å². The molecule has 2 aromatic heterocycles. The summed E-state index contributed by atoms with van der Waals surface area (Å²) in [5.41, 5.74) is 0. The SMILES string of the molecule is CC(c1nc(-c2cccs2)no1)N1CCN(C(=O)CCC2CCCC2)CC1. The van der Waals surface area contributed by atoms with Gasteiger partial charge in [-0.1, -0.05) is 36.9 Å². The van der Waals surface area contributed by atoms with Gasteiger partial charge in [-0.05, 0) is 30.7 Å². The average Bonchev–Trinajstić information content (AvgIpc) is 3.47. The normalized spacial score (nSPS) is 20.3. The molecule has 7 heteroatoms. The summed E-state index contributed by atoms with van der Waals surface area (Å²) in [4.78, 5) is 22.4. The smallest absolute Gasteiger partial charge is 0.244 e. The molecule has 27 heavy (non-hydrogen) atoms. The van der Waals surface area contributed by atoms with E-state index in [2.05, 4.69) is 22.0 Å². The molecule has 0 bridgehead atoms. The summed E-state index contributed by atoms with van der Waals surface area (Å²) in [6.45, 7) is 5.39. The number of carbonyl (C=O) groups excluding carboxylic acids is 1. The first kappa shape index (κ1) is 18.6. The Balaban J connectivity index is 1.26. The third-order valence-electron chi connectivity index (χ3n) is 6.00. The van der Waals surface area contributed by atoms with Crippen molar-refractivity contribution in [3.05, 3.63) is 23.4 Å². The van der Waals surface area contributed by atoms with E-state index >= 15 is 0 Å². The Morgan fingerprint density at radius 2 is 2.07 bits per heavy atom. The molecule has 1 saturated carbocycles. The number of aromatic nitrogens is 2. The second kappa shape index (κ2) is 8.52. The van der Waals surface area contributed by atoms with Gasteiger partial charge in [-0.15, -0.1) is 11.3 Å². The molecule has 0 N–H and O–H groups in total. The van der Waals surface area contributed by atoms with Crippen molar-refractivity contribution in [3.63, 3.8) is 0 Å². The molecule has 1 atom stereocenters. The van der Waals surface area contributed by atoms with Crippen LogP contribution in [0.4, 0.5) is 0 Å². The summed E-state index contributed by atoms with van der Waals surface area (Å²) >= 11 is 1.61. The van der Waals surface area contributed by atoms with Crippen LogP contribution in [0.2, 0.25) is 0 Å². The zero-order valence-corrected chi connectivity index (χ0v) is 16.8. The van der Waals surface area contributed by atoms with E-state index in [0.717, 1.165) is 43.4 Å². The molecule has 2 aliphatic rings. The lowest BCUT2D eigenvalue weighted by atomic mass is 10.0. The van der Waals surface area contributed by atoms with E-state index in [1.165, 1.54) is 25.7 Å². The Bertz CT molecular complexity index is 731. The van der Waals surface area contributed by atoms with Gasteiger partial charge in [0.25, 0.3) is 0 Å². The van der Waals surface area contributed by atoms with Crippen molar-refractivity contribution in [1.82, 2.24) is 19.9 Å². The summed E-state index contributed by atoms with van der Waals surface area (Å²) in [6, 6.07) is 4.06. The number of carbonyl (C=O) groups is 1. The number of hydrogen-bond acceptors (Lipinski definition) is 6. The summed E-state index contributed by atoms with van der Waals surface area (Å²) in [7, 11) is 0. The van der Waals surface area contributed by atoms with Crippen LogP contribution in [-0.4, -0.2) is 52.0 Å². The molecule has 0 aromatic carbocycles. The van der Waals surface area contributed by atoms with Crippen molar-refractivity contribution in [2.75, 3.05) is 26.2 Å². The first-order valence-electron chi connectivity index (χ1n) is 10.1. The predicted octanol–water partition coefficient (Wildman–Crippen LogP) is 3.97. The molecule has 0 radical (unpaired) electrons. The Kier molecular flexibility index (Phi) is 5.88. The molecule has 6 nitrogen and oxygen atoms in total. The Labute approximate surface area is 164 Å². The topological polar surface area (TPSA) is 62.5 Å². The van der Waals surface area contributed by atoms with Crippen LogP contribution in [0.5, 0.6) is 0 Å². The van der Waals surface area contributed by atoms with E-state index in [-0.39, 0.29) is 6.04 Å². The van der Waals surface area contributed by atoms with Crippen molar-refractivity contribution in [2.24, 2.45) is 5.92 Å². The van der Waals surface area contributed by atoms with Gasteiger partial charge in [0.1, 0.15) is 0 Å². The fourth-order valence-electron chi connectivity index (χ4n) is 4.21. The van der Waals surface area contributed by atoms with Gasteiger partial charge in [0.15, 0.2) is 0 Å². The number of hydrogen-bond donors (Lipinski definition) is 0. The number of amides is 1. The minimum atomic E-state index is 0.0713. The van der Waals surface area contributed by atoms with Crippen LogP contribution in [-0.2, 0) is 4.79 Å². The maximum absolute atomic E-state index is 12.5. The first-order chi connectivity index (χ1) is 13.2. The van der Waals surface area contributed by atoms with Gasteiger partial charge in [0.2, 0.25) is 17.6 Å². The predicted molar refractivity (Wildman–Crippen MR) is 105 cm³/mol. The quantitative estimate of drug-likeness (QED) is 0.749. The molecule has 2 fully saturated rings. The molecule has 2 aromatic rings. The molecular formula is C20H28N4O2S. The van der Waals surface area contributed by atoms with Crippen LogP contribution in [0.3, 0.4) is 0 Å². The van der Waals surface area contributed by atoms with Gasteiger partial charge < -0.3 is 9.42 Å².